The highest BCUT2D eigenvalue weighted by Crippen LogP contribution is 2.21. The van der Waals surface area contributed by atoms with Crippen molar-refractivity contribution in [2.24, 2.45) is 5.92 Å². The number of hydrogen-bond donors (Lipinski definition) is 5. The predicted molar refractivity (Wildman–Crippen MR) is 122 cm³/mol. The molecule has 3 amide bonds. The monoisotopic (exact) mass is 479 g/mol. The second kappa shape index (κ2) is 13.3. The maximum Gasteiger partial charge on any atom is 0.407 e. The van der Waals surface area contributed by atoms with Gasteiger partial charge in [-0.05, 0) is 25.0 Å². The maximum absolute atomic E-state index is 12.2. The number of ether oxygens (including phenoxy) is 1. The summed E-state index contributed by atoms with van der Waals surface area (Å²) in [5.74, 6) is -1.90. The number of anilines is 1. The fourth-order valence-electron chi connectivity index (χ4n) is 3.65. The number of aliphatic carboxylic acids is 1. The van der Waals surface area contributed by atoms with Gasteiger partial charge in [0.15, 0.2) is 0 Å². The van der Waals surface area contributed by atoms with Gasteiger partial charge in [0.2, 0.25) is 11.8 Å². The Balaban J connectivity index is 1.78. The molecule has 1 aliphatic rings. The van der Waals surface area contributed by atoms with Gasteiger partial charge in [-0.25, -0.2) is 14.6 Å². The highest BCUT2D eigenvalue weighted by Gasteiger charge is 2.36. The first-order valence-electron chi connectivity index (χ1n) is 11.3. The molecule has 0 saturated carbocycles. The van der Waals surface area contributed by atoms with Crippen LogP contribution < -0.4 is 16.0 Å². The summed E-state index contributed by atoms with van der Waals surface area (Å²) in [5, 5.41) is 26.8. The second-order valence-corrected chi connectivity index (χ2v) is 8.25. The molecule has 0 aliphatic carbocycles. The molecule has 0 spiro atoms. The van der Waals surface area contributed by atoms with Crippen LogP contribution in [0.4, 0.5) is 10.6 Å². The number of carbonyl (C=O) groups excluding carboxylic acids is 2. The Labute approximate surface area is 198 Å². The van der Waals surface area contributed by atoms with Gasteiger partial charge in [-0.2, -0.15) is 0 Å². The Morgan fingerprint density at radius 1 is 1.26 bits per heavy atom. The summed E-state index contributed by atoms with van der Waals surface area (Å²) >= 11 is 0. The highest BCUT2D eigenvalue weighted by atomic mass is 16.5. The van der Waals surface area contributed by atoms with Gasteiger partial charge in [0.05, 0.1) is 18.7 Å². The number of hydrogen-bond acceptors (Lipinski definition) is 7. The third-order valence-corrected chi connectivity index (χ3v) is 5.54. The summed E-state index contributed by atoms with van der Waals surface area (Å²) in [6.07, 6.45) is 1.88. The lowest BCUT2D eigenvalue weighted by Gasteiger charge is -2.21. The van der Waals surface area contributed by atoms with Gasteiger partial charge in [-0.3, -0.25) is 9.59 Å². The summed E-state index contributed by atoms with van der Waals surface area (Å²) in [4.78, 5) is 52.7. The van der Waals surface area contributed by atoms with E-state index in [1.807, 2.05) is 13.0 Å². The van der Waals surface area contributed by atoms with Crippen molar-refractivity contribution in [2.45, 2.75) is 51.3 Å². The average Bonchev–Trinajstić information content (AvgIpc) is 3.23. The molecule has 12 heteroatoms. The average molecular weight is 480 g/mol. The van der Waals surface area contributed by atoms with Crippen LogP contribution in [-0.4, -0.2) is 88.4 Å². The Hall–Kier alpha value is -3.41. The number of aromatic nitrogens is 1. The van der Waals surface area contributed by atoms with E-state index in [1.165, 1.54) is 4.90 Å². The largest absolute Gasteiger partial charge is 0.480 e. The van der Waals surface area contributed by atoms with Crippen LogP contribution in [-0.2, 0) is 19.1 Å². The minimum absolute atomic E-state index is 0.111. The Morgan fingerprint density at radius 3 is 2.65 bits per heavy atom. The molecule has 4 unspecified atom stereocenters. The first-order chi connectivity index (χ1) is 16.2. The molecule has 4 atom stereocenters. The van der Waals surface area contributed by atoms with E-state index >= 15 is 0 Å². The lowest BCUT2D eigenvalue weighted by atomic mass is 10.1. The molecule has 0 radical (unpaired) electrons. The van der Waals surface area contributed by atoms with Crippen molar-refractivity contribution in [3.8, 4) is 0 Å². The molecule has 188 valence electrons. The van der Waals surface area contributed by atoms with Crippen LogP contribution in [0.25, 0.3) is 0 Å². The summed E-state index contributed by atoms with van der Waals surface area (Å²) in [6, 6.07) is 3.75. The molecule has 2 heterocycles. The van der Waals surface area contributed by atoms with Gasteiger partial charge in [-0.1, -0.05) is 26.3 Å². The number of nitrogens with one attached hydrogen (secondary N) is 3. The molecule has 5 N–H and O–H groups in total. The first-order valence-corrected chi connectivity index (χ1v) is 11.3. The number of carboxylic acids is 1. The molecule has 1 aliphatic heterocycles. The molecular weight excluding hydrogens is 446 g/mol. The van der Waals surface area contributed by atoms with Gasteiger partial charge in [0.25, 0.3) is 0 Å². The maximum atomic E-state index is 12.2. The molecule has 34 heavy (non-hydrogen) atoms. The summed E-state index contributed by atoms with van der Waals surface area (Å²) < 4.78 is 5.58. The second-order valence-electron chi connectivity index (χ2n) is 8.25. The molecule has 1 saturated heterocycles. The Morgan fingerprint density at radius 2 is 2.03 bits per heavy atom. The van der Waals surface area contributed by atoms with Gasteiger partial charge in [-0.15, -0.1) is 0 Å². The highest BCUT2D eigenvalue weighted by molar-refractivity contribution is 5.85. The zero-order chi connectivity index (χ0) is 25.1. The molecular formula is C22H33N5O7. The van der Waals surface area contributed by atoms with Gasteiger partial charge in [0.1, 0.15) is 18.5 Å². The zero-order valence-electron chi connectivity index (χ0n) is 19.4. The predicted octanol–water partition coefficient (Wildman–Crippen LogP) is 0.753. The van der Waals surface area contributed by atoms with Crippen molar-refractivity contribution >= 4 is 29.7 Å². The quantitative estimate of drug-likeness (QED) is 0.274. The third-order valence-electron chi connectivity index (χ3n) is 5.54. The summed E-state index contributed by atoms with van der Waals surface area (Å²) in [6.45, 7) is 3.45. The van der Waals surface area contributed by atoms with Crippen LogP contribution in [0.3, 0.4) is 0 Å². The van der Waals surface area contributed by atoms with Crippen LogP contribution >= 0.6 is 0 Å². The number of likely N-dealkylation sites (tertiary alicyclic amines) is 1. The number of rotatable bonds is 13. The van der Waals surface area contributed by atoms with Crippen LogP contribution in [0.2, 0.25) is 0 Å². The standard InChI is InChI=1S/C22H33N5O7/c1-3-6-14(2)20(29)26-17(21(30)31)11-25-19(28)13-34-16-9-15(27(12-16)22(32)33)10-24-18-7-4-5-8-23-18/h4-5,7-8,14-17H,3,6,9-13H2,1-2H3,(H,23,24)(H,25,28)(H,26,29)(H,30,31)(H,32,33). The lowest BCUT2D eigenvalue weighted by Crippen LogP contribution is -2.50. The van der Waals surface area contributed by atoms with E-state index in [9.17, 15) is 29.4 Å². The van der Waals surface area contributed by atoms with E-state index < -0.39 is 30.1 Å². The molecule has 0 bridgehead atoms. The van der Waals surface area contributed by atoms with E-state index in [0.717, 1.165) is 6.42 Å². The smallest absolute Gasteiger partial charge is 0.407 e. The van der Waals surface area contributed by atoms with Crippen molar-refractivity contribution < 1.29 is 34.1 Å². The van der Waals surface area contributed by atoms with Gasteiger partial charge < -0.3 is 35.8 Å². The van der Waals surface area contributed by atoms with Crippen molar-refractivity contribution in [3.63, 3.8) is 0 Å². The minimum atomic E-state index is -1.26. The van der Waals surface area contributed by atoms with Crippen LogP contribution in [0.1, 0.15) is 33.1 Å². The van der Waals surface area contributed by atoms with Crippen molar-refractivity contribution in [1.82, 2.24) is 20.5 Å². The normalized spacial score (nSPS) is 19.2. The molecule has 1 aromatic heterocycles. The third kappa shape index (κ3) is 8.50. The molecule has 1 aromatic rings. The number of carbonyl (C=O) groups is 4. The van der Waals surface area contributed by atoms with Gasteiger partial charge in [0, 0.05) is 25.2 Å². The fraction of sp³-hybridized carbons (Fsp3) is 0.591. The Bertz CT molecular complexity index is 838. The van der Waals surface area contributed by atoms with E-state index in [2.05, 4.69) is 20.9 Å². The van der Waals surface area contributed by atoms with E-state index in [-0.39, 0.29) is 37.6 Å². The van der Waals surface area contributed by atoms with Gasteiger partial charge >= 0.3 is 12.1 Å². The summed E-state index contributed by atoms with van der Waals surface area (Å²) in [5.41, 5.74) is 0. The first kappa shape index (κ1) is 26.8. The number of carboxylic acid groups (broad SMARTS) is 2. The van der Waals surface area contributed by atoms with E-state index in [0.29, 0.717) is 25.2 Å². The topological polar surface area (TPSA) is 170 Å². The van der Waals surface area contributed by atoms with Crippen LogP contribution in [0, 0.1) is 5.92 Å². The van der Waals surface area contributed by atoms with Crippen molar-refractivity contribution in [3.05, 3.63) is 24.4 Å². The fourth-order valence-corrected chi connectivity index (χ4v) is 3.65. The lowest BCUT2D eigenvalue weighted by molar-refractivity contribution is -0.142. The SMILES string of the molecule is CCCC(C)C(=O)NC(CNC(=O)COC1CC(CNc2ccccn2)N(C(=O)O)C1)C(=O)O. The van der Waals surface area contributed by atoms with E-state index in [1.54, 1.807) is 25.3 Å². The molecule has 1 fully saturated rings. The molecule has 12 nitrogen and oxygen atoms in total. The van der Waals surface area contributed by atoms with Crippen LogP contribution in [0.15, 0.2) is 24.4 Å². The number of pyridine rings is 1. The molecule has 0 aromatic carbocycles. The number of amides is 3. The minimum Gasteiger partial charge on any atom is -0.480 e. The number of nitrogens with zero attached hydrogens (tertiary/aromatic N) is 2. The Kier molecular flexibility index (Phi) is 10.5. The van der Waals surface area contributed by atoms with Crippen molar-refractivity contribution in [1.29, 1.82) is 0 Å². The van der Waals surface area contributed by atoms with Crippen LogP contribution in [0.5, 0.6) is 0 Å². The summed E-state index contributed by atoms with van der Waals surface area (Å²) in [7, 11) is 0. The van der Waals surface area contributed by atoms with E-state index in [4.69, 9.17) is 4.74 Å². The molecule has 2 rings (SSSR count). The van der Waals surface area contributed by atoms with Crippen molar-refractivity contribution in [2.75, 3.05) is 31.6 Å². The zero-order valence-corrected chi connectivity index (χ0v) is 19.4.